The fourth-order valence-corrected chi connectivity index (χ4v) is 7.48. The number of nitrogens with zero attached hydrogens (tertiary/aromatic N) is 2. The van der Waals surface area contributed by atoms with Crippen LogP contribution in [0.15, 0.2) is 59.1 Å². The average Bonchev–Trinajstić information content (AvgIpc) is 2.93. The lowest BCUT2D eigenvalue weighted by Gasteiger charge is -2.50. The van der Waals surface area contributed by atoms with Crippen LogP contribution in [-0.2, 0) is 22.6 Å². The number of aromatic hydroxyl groups is 1. The zero-order valence-electron chi connectivity index (χ0n) is 26.0. The average molecular weight is 604 g/mol. The smallest absolute Gasteiger partial charge is 0.255 e. The Hall–Kier alpha value is -3.99. The highest BCUT2D eigenvalue weighted by molar-refractivity contribution is 6.24. The second kappa shape index (κ2) is 11.2. The van der Waals surface area contributed by atoms with Gasteiger partial charge in [-0.1, -0.05) is 30.3 Å². The van der Waals surface area contributed by atoms with Crippen molar-refractivity contribution in [2.45, 2.75) is 70.8 Å². The summed E-state index contributed by atoms with van der Waals surface area (Å²) in [6, 6.07) is 11.0. The van der Waals surface area contributed by atoms with E-state index in [4.69, 9.17) is 5.73 Å². The molecule has 10 heteroatoms. The Bertz CT molecular complexity index is 1600. The molecule has 234 valence electrons. The van der Waals surface area contributed by atoms with Crippen LogP contribution < -0.4 is 5.73 Å². The van der Waals surface area contributed by atoms with Crippen molar-refractivity contribution in [3.05, 3.63) is 75.8 Å². The van der Waals surface area contributed by atoms with Gasteiger partial charge in [-0.05, 0) is 88.9 Å². The number of ketones is 2. The van der Waals surface area contributed by atoms with Crippen molar-refractivity contribution in [1.29, 1.82) is 0 Å². The number of hydrogen-bond donors (Lipinski definition) is 5. The molecule has 0 saturated carbocycles. The molecular weight excluding hydrogens is 562 g/mol. The number of phenols is 1. The molecule has 0 bridgehead atoms. The van der Waals surface area contributed by atoms with Gasteiger partial charge in [-0.25, -0.2) is 0 Å². The van der Waals surface area contributed by atoms with Crippen LogP contribution in [0.3, 0.4) is 0 Å². The Morgan fingerprint density at radius 3 is 2.16 bits per heavy atom. The number of benzene rings is 2. The van der Waals surface area contributed by atoms with Gasteiger partial charge in [0.05, 0.1) is 11.6 Å². The van der Waals surface area contributed by atoms with Gasteiger partial charge in [0.2, 0.25) is 5.78 Å². The third kappa shape index (κ3) is 4.72. The summed E-state index contributed by atoms with van der Waals surface area (Å²) < 4.78 is 0. The predicted octanol–water partition coefficient (Wildman–Crippen LogP) is 3.41. The molecule has 0 spiro atoms. The largest absolute Gasteiger partial charge is 0.510 e. The maximum absolute atomic E-state index is 14.0. The first-order chi connectivity index (χ1) is 20.6. The minimum atomic E-state index is -2.66. The number of carbonyl (C=O) groups is 3. The van der Waals surface area contributed by atoms with E-state index in [0.717, 1.165) is 23.2 Å². The highest BCUT2D eigenvalue weighted by Gasteiger charge is 2.63. The number of phenolic OH excluding ortho intramolecular Hbond substituents is 1. The van der Waals surface area contributed by atoms with Gasteiger partial charge in [0, 0.05) is 30.1 Å². The van der Waals surface area contributed by atoms with Crippen molar-refractivity contribution in [1.82, 2.24) is 9.80 Å². The molecule has 6 N–H and O–H groups in total. The summed E-state index contributed by atoms with van der Waals surface area (Å²) in [5.74, 6) is -6.64. The quantitative estimate of drug-likeness (QED) is 0.298. The molecule has 1 amide bonds. The third-order valence-corrected chi connectivity index (χ3v) is 9.56. The number of Topliss-reactive ketones (excluding diaryl/α,β-unsaturated/α-hetero) is 2. The first kappa shape index (κ1) is 31.4. The van der Waals surface area contributed by atoms with Crippen molar-refractivity contribution in [3.8, 4) is 16.9 Å². The number of aliphatic hydroxyl groups excluding tert-OH is 2. The van der Waals surface area contributed by atoms with Crippen molar-refractivity contribution < 1.29 is 34.8 Å². The lowest BCUT2D eigenvalue weighted by molar-refractivity contribution is -0.148. The number of allylic oxidation sites excluding steroid dienone is 1. The van der Waals surface area contributed by atoms with Gasteiger partial charge in [-0.15, -0.1) is 0 Å². The number of rotatable bonds is 7. The van der Waals surface area contributed by atoms with Gasteiger partial charge in [0.15, 0.2) is 11.4 Å². The normalized spacial score (nSPS) is 25.2. The van der Waals surface area contributed by atoms with Crippen LogP contribution >= 0.6 is 0 Å². The molecule has 0 unspecified atom stereocenters. The van der Waals surface area contributed by atoms with Crippen LogP contribution in [0.25, 0.3) is 11.1 Å². The fourth-order valence-electron chi connectivity index (χ4n) is 7.48. The number of primary amides is 1. The second-order valence-electron chi connectivity index (χ2n) is 13.0. The number of fused-ring (bicyclic) bond motifs is 3. The molecular formula is C34H41N3O7. The standard InChI is InChI=1S/C34H41N3O7/c1-16(2)37(17(3)4)15-18-7-9-19(10-8-18)21-11-12-24(38)26-22(21)13-20-14-23-28(36(5)6)30(40)27(33(35)43)32(42)34(23,44)31(41)25(20)29(26)39/h7-12,16-17,20,23,28,38,40-41,44H,13-15H2,1-6H3,(H2,35,43)/t20-,23-,28-,34-/m0/s1. The monoisotopic (exact) mass is 603 g/mol. The van der Waals surface area contributed by atoms with Gasteiger partial charge in [0.25, 0.3) is 5.91 Å². The van der Waals surface area contributed by atoms with Crippen LogP contribution in [0.5, 0.6) is 5.75 Å². The Morgan fingerprint density at radius 1 is 1.00 bits per heavy atom. The summed E-state index contributed by atoms with van der Waals surface area (Å²) in [5.41, 5.74) is 5.10. The summed E-state index contributed by atoms with van der Waals surface area (Å²) in [5, 5.41) is 45.1. The number of carbonyl (C=O) groups excluding carboxylic acids is 3. The Kier molecular flexibility index (Phi) is 7.99. The Balaban J connectivity index is 1.59. The molecule has 0 aliphatic heterocycles. The number of amides is 1. The van der Waals surface area contributed by atoms with Gasteiger partial charge in [-0.2, -0.15) is 0 Å². The van der Waals surface area contributed by atoms with E-state index in [1.54, 1.807) is 20.2 Å². The van der Waals surface area contributed by atoms with Crippen LogP contribution in [0.1, 0.15) is 55.6 Å². The lowest BCUT2D eigenvalue weighted by atomic mass is 9.58. The molecule has 4 atom stereocenters. The summed E-state index contributed by atoms with van der Waals surface area (Å²) >= 11 is 0. The summed E-state index contributed by atoms with van der Waals surface area (Å²) in [6.07, 6.45) is 0.272. The minimum absolute atomic E-state index is 0.00171. The van der Waals surface area contributed by atoms with Gasteiger partial charge < -0.3 is 26.2 Å². The molecule has 2 aromatic rings. The zero-order chi connectivity index (χ0) is 32.4. The fraction of sp³-hybridized carbons (Fsp3) is 0.441. The predicted molar refractivity (Wildman–Crippen MR) is 165 cm³/mol. The van der Waals surface area contributed by atoms with E-state index in [1.165, 1.54) is 11.0 Å². The van der Waals surface area contributed by atoms with Crippen molar-refractivity contribution in [2.24, 2.45) is 17.6 Å². The molecule has 2 aromatic carbocycles. The Morgan fingerprint density at radius 2 is 1.61 bits per heavy atom. The molecule has 0 radical (unpaired) electrons. The topological polar surface area (TPSA) is 165 Å². The van der Waals surface area contributed by atoms with Gasteiger partial charge >= 0.3 is 0 Å². The maximum atomic E-state index is 14.0. The van der Waals surface area contributed by atoms with E-state index in [1.807, 2.05) is 12.1 Å². The van der Waals surface area contributed by atoms with Crippen molar-refractivity contribution >= 4 is 17.5 Å². The molecule has 0 aromatic heterocycles. The van der Waals surface area contributed by atoms with Crippen molar-refractivity contribution in [2.75, 3.05) is 14.1 Å². The molecule has 3 aliphatic rings. The minimum Gasteiger partial charge on any atom is -0.510 e. The summed E-state index contributed by atoms with van der Waals surface area (Å²) in [4.78, 5) is 43.6. The third-order valence-electron chi connectivity index (χ3n) is 9.56. The van der Waals surface area contributed by atoms with E-state index in [-0.39, 0.29) is 29.7 Å². The first-order valence-electron chi connectivity index (χ1n) is 15.0. The number of aliphatic hydroxyl groups is 3. The van der Waals surface area contributed by atoms with Crippen LogP contribution in [0.4, 0.5) is 0 Å². The molecule has 0 heterocycles. The molecule has 0 saturated heterocycles. The molecule has 10 nitrogen and oxygen atoms in total. The van der Waals surface area contributed by atoms with E-state index in [2.05, 4.69) is 44.7 Å². The maximum Gasteiger partial charge on any atom is 0.255 e. The van der Waals surface area contributed by atoms with Crippen LogP contribution in [0, 0.1) is 11.8 Å². The van der Waals surface area contributed by atoms with Gasteiger partial charge in [0.1, 0.15) is 22.8 Å². The molecule has 44 heavy (non-hydrogen) atoms. The first-order valence-corrected chi connectivity index (χ1v) is 15.0. The molecule has 5 rings (SSSR count). The molecule has 0 fully saturated rings. The van der Waals surface area contributed by atoms with E-state index >= 15 is 0 Å². The van der Waals surface area contributed by atoms with E-state index in [0.29, 0.717) is 17.6 Å². The van der Waals surface area contributed by atoms with Gasteiger partial charge in [-0.3, -0.25) is 24.2 Å². The highest BCUT2D eigenvalue weighted by atomic mass is 16.3. The van der Waals surface area contributed by atoms with Crippen molar-refractivity contribution in [3.63, 3.8) is 0 Å². The van der Waals surface area contributed by atoms with E-state index in [9.17, 15) is 34.8 Å². The summed E-state index contributed by atoms with van der Waals surface area (Å²) in [7, 11) is 3.21. The number of hydrogen-bond acceptors (Lipinski definition) is 9. The zero-order valence-corrected chi connectivity index (χ0v) is 26.0. The van der Waals surface area contributed by atoms with Crippen LogP contribution in [-0.4, -0.2) is 85.5 Å². The highest BCUT2D eigenvalue weighted by Crippen LogP contribution is 2.53. The number of likely N-dealkylation sites (N-methyl/N-ethyl adjacent to an activating group) is 1. The Labute approximate surface area is 257 Å². The van der Waals surface area contributed by atoms with Crippen LogP contribution in [0.2, 0.25) is 0 Å². The summed E-state index contributed by atoms with van der Waals surface area (Å²) in [6.45, 7) is 9.45. The van der Waals surface area contributed by atoms with E-state index < -0.39 is 58.0 Å². The molecule has 3 aliphatic carbocycles. The second-order valence-corrected chi connectivity index (χ2v) is 13.0. The SMILES string of the molecule is CC(C)N(Cc1ccc(-c2ccc(O)c3c2C[C@H]2C[C@H]4[C@H](N(C)C)C(O)=C(C(N)=O)C(=O)[C@@]4(O)C(O)=C2C3=O)cc1)C(C)C. The lowest BCUT2D eigenvalue weighted by Crippen LogP contribution is -2.63. The number of nitrogens with two attached hydrogens (primary N) is 1.